The molecule has 1 N–H and O–H groups in total. The van der Waals surface area contributed by atoms with E-state index in [0.717, 1.165) is 22.3 Å². The summed E-state index contributed by atoms with van der Waals surface area (Å²) < 4.78 is 58.0. The van der Waals surface area contributed by atoms with E-state index in [1.54, 1.807) is 18.2 Å². The molecule has 1 aliphatic heterocycles. The third-order valence-electron chi connectivity index (χ3n) is 7.68. The topological polar surface area (TPSA) is 71.9 Å². The number of aromatic nitrogens is 1. The molecule has 222 valence electrons. The van der Waals surface area contributed by atoms with Gasteiger partial charge in [0.25, 0.3) is 0 Å². The molecule has 2 atom stereocenters. The molecule has 6 nitrogen and oxygen atoms in total. The molecule has 0 saturated carbocycles. The average Bonchev–Trinajstić information content (AvgIpc) is 3.28. The van der Waals surface area contributed by atoms with E-state index in [9.17, 15) is 4.79 Å². The summed E-state index contributed by atoms with van der Waals surface area (Å²) in [5, 5.41) is 8.75. The van der Waals surface area contributed by atoms with Crippen molar-refractivity contribution in [3.05, 3.63) is 94.2 Å². The molecule has 2 aliphatic rings. The summed E-state index contributed by atoms with van der Waals surface area (Å²) in [6.07, 6.45) is 1.57. The van der Waals surface area contributed by atoms with Crippen molar-refractivity contribution < 1.29 is 32.5 Å². The first-order valence-corrected chi connectivity index (χ1v) is 14.2. The normalized spacial score (nSPS) is 18.5. The molecular formula is C33H35F3N2O4. The molecule has 0 unspecified atom stereocenters. The number of alkyl halides is 1. The van der Waals surface area contributed by atoms with E-state index in [4.69, 9.17) is 14.6 Å². The fourth-order valence-electron chi connectivity index (χ4n) is 5.93. The number of carboxylic acid groups (broad SMARTS) is 1. The van der Waals surface area contributed by atoms with Crippen LogP contribution in [0.2, 0.25) is 0 Å². The van der Waals surface area contributed by atoms with Crippen LogP contribution >= 0.6 is 0 Å². The Balaban J connectivity index is 1.39. The highest BCUT2D eigenvalue weighted by molar-refractivity contribution is 5.79. The molecule has 2 heterocycles. The van der Waals surface area contributed by atoms with E-state index in [0.29, 0.717) is 30.8 Å². The summed E-state index contributed by atoms with van der Waals surface area (Å²) in [6, 6.07) is 14.5. The zero-order chi connectivity index (χ0) is 30.0. The van der Waals surface area contributed by atoms with Crippen LogP contribution in [0.15, 0.2) is 60.2 Å². The van der Waals surface area contributed by atoms with Gasteiger partial charge < -0.3 is 14.6 Å². The van der Waals surface area contributed by atoms with E-state index < -0.39 is 29.3 Å². The van der Waals surface area contributed by atoms with E-state index in [1.165, 1.54) is 26.0 Å². The van der Waals surface area contributed by atoms with Gasteiger partial charge in [-0.15, -0.1) is 0 Å². The zero-order valence-corrected chi connectivity index (χ0v) is 24.0. The number of halogens is 3. The first kappa shape index (κ1) is 29.6. The Bertz CT molecular complexity index is 1480. The summed E-state index contributed by atoms with van der Waals surface area (Å²) in [5.41, 5.74) is 3.03. The first-order valence-electron chi connectivity index (χ1n) is 14.2. The fourth-order valence-corrected chi connectivity index (χ4v) is 5.93. The lowest BCUT2D eigenvalue weighted by Gasteiger charge is -2.44. The number of rotatable bonds is 11. The second-order valence-electron chi connectivity index (χ2n) is 11.6. The van der Waals surface area contributed by atoms with Gasteiger partial charge in [0.2, 0.25) is 5.88 Å². The Kier molecular flexibility index (Phi) is 8.59. The van der Waals surface area contributed by atoms with Crippen LogP contribution in [-0.4, -0.2) is 45.8 Å². The third-order valence-corrected chi connectivity index (χ3v) is 7.68. The Morgan fingerprint density at radius 1 is 1.10 bits per heavy atom. The van der Waals surface area contributed by atoms with Crippen LogP contribution in [0.5, 0.6) is 11.6 Å². The Morgan fingerprint density at radius 2 is 1.83 bits per heavy atom. The van der Waals surface area contributed by atoms with Gasteiger partial charge in [-0.2, -0.15) is 0 Å². The van der Waals surface area contributed by atoms with E-state index in [2.05, 4.69) is 4.98 Å². The molecule has 9 heteroatoms. The van der Waals surface area contributed by atoms with Gasteiger partial charge >= 0.3 is 5.97 Å². The summed E-state index contributed by atoms with van der Waals surface area (Å²) in [7, 11) is 0. The Labute approximate surface area is 243 Å². The van der Waals surface area contributed by atoms with Crippen molar-refractivity contribution in [2.24, 2.45) is 0 Å². The molecule has 2 aromatic carbocycles. The standard InChI is InChI=1S/C33H35F3N2O4/c1-20-14-25-24-10-5-4-8-21(24)15-26(25)32(38(20)19-33(2,3)36)31-27(34)16-23(17-28(31)35)42-18-22-9-6-11-29(37-22)41-13-7-12-30(39)40/h4-6,8-11,16-17,20,32H,7,12-15,18-19H2,1-3H3,(H,39,40)/t20-,32+/m1/s1. The molecule has 0 amide bonds. The van der Waals surface area contributed by atoms with Crippen LogP contribution in [-0.2, 0) is 17.8 Å². The summed E-state index contributed by atoms with van der Waals surface area (Å²) in [6.45, 7) is 5.12. The predicted molar refractivity (Wildman–Crippen MR) is 153 cm³/mol. The number of ether oxygens (including phenoxy) is 2. The van der Waals surface area contributed by atoms with Gasteiger partial charge in [0.1, 0.15) is 29.7 Å². The highest BCUT2D eigenvalue weighted by atomic mass is 19.1. The van der Waals surface area contributed by atoms with Gasteiger partial charge in [-0.25, -0.2) is 18.2 Å². The molecule has 0 spiro atoms. The van der Waals surface area contributed by atoms with Crippen LogP contribution in [0.3, 0.4) is 0 Å². The smallest absolute Gasteiger partial charge is 0.303 e. The van der Waals surface area contributed by atoms with Crippen LogP contribution < -0.4 is 9.47 Å². The number of benzene rings is 2. The summed E-state index contributed by atoms with van der Waals surface area (Å²) in [5.74, 6) is -2.10. The van der Waals surface area contributed by atoms with Gasteiger partial charge in [-0.3, -0.25) is 9.69 Å². The molecule has 0 radical (unpaired) electrons. The predicted octanol–water partition coefficient (Wildman–Crippen LogP) is 7.08. The van der Waals surface area contributed by atoms with E-state index in [-0.39, 0.29) is 43.5 Å². The lowest BCUT2D eigenvalue weighted by molar-refractivity contribution is -0.137. The number of aliphatic carboxylic acids is 1. The summed E-state index contributed by atoms with van der Waals surface area (Å²) >= 11 is 0. The molecule has 0 fully saturated rings. The second-order valence-corrected chi connectivity index (χ2v) is 11.6. The number of pyridine rings is 1. The molecule has 1 aromatic heterocycles. The van der Waals surface area contributed by atoms with Gasteiger partial charge in [-0.05, 0) is 68.4 Å². The fraction of sp³-hybridized carbons (Fsp3) is 0.394. The molecular weight excluding hydrogens is 545 g/mol. The molecule has 5 rings (SSSR count). The number of hydrogen-bond acceptors (Lipinski definition) is 5. The minimum absolute atomic E-state index is 0.00784. The average molecular weight is 581 g/mol. The first-order chi connectivity index (χ1) is 20.0. The minimum atomic E-state index is -1.56. The maximum Gasteiger partial charge on any atom is 0.303 e. The van der Waals surface area contributed by atoms with Crippen molar-refractivity contribution in [2.45, 2.75) is 70.8 Å². The highest BCUT2D eigenvalue weighted by Crippen LogP contribution is 2.50. The van der Waals surface area contributed by atoms with Crippen LogP contribution in [0.1, 0.15) is 68.5 Å². The minimum Gasteiger partial charge on any atom is -0.487 e. The number of fused-ring (bicyclic) bond motifs is 2. The number of nitrogens with zero attached hydrogens (tertiary/aromatic N) is 2. The van der Waals surface area contributed by atoms with Crippen molar-refractivity contribution in [1.82, 2.24) is 9.88 Å². The van der Waals surface area contributed by atoms with Gasteiger partial charge in [0.15, 0.2) is 0 Å². The van der Waals surface area contributed by atoms with Crippen molar-refractivity contribution in [1.29, 1.82) is 0 Å². The highest BCUT2D eigenvalue weighted by Gasteiger charge is 2.43. The van der Waals surface area contributed by atoms with Crippen LogP contribution in [0.4, 0.5) is 13.2 Å². The molecule has 1 aliphatic carbocycles. The van der Waals surface area contributed by atoms with Gasteiger partial charge in [0.05, 0.1) is 18.3 Å². The van der Waals surface area contributed by atoms with Crippen molar-refractivity contribution >= 4 is 11.5 Å². The van der Waals surface area contributed by atoms with Crippen LogP contribution in [0.25, 0.3) is 5.57 Å². The third kappa shape index (κ3) is 6.62. The Hall–Kier alpha value is -3.85. The van der Waals surface area contributed by atoms with Crippen molar-refractivity contribution in [3.63, 3.8) is 0 Å². The SMILES string of the molecule is C[C@@H]1CC2=C(Cc3ccccc32)[C@@H](c2c(F)cc(OCc3cccc(OCCCC(=O)O)n3)cc2F)N1CC(C)(C)F. The molecule has 0 saturated heterocycles. The zero-order valence-electron chi connectivity index (χ0n) is 24.0. The van der Waals surface area contributed by atoms with Crippen molar-refractivity contribution in [2.75, 3.05) is 13.2 Å². The van der Waals surface area contributed by atoms with E-state index >= 15 is 13.2 Å². The molecule has 3 aromatic rings. The van der Waals surface area contributed by atoms with Gasteiger partial charge in [-0.1, -0.05) is 30.3 Å². The van der Waals surface area contributed by atoms with Gasteiger partial charge in [0, 0.05) is 42.8 Å². The monoisotopic (exact) mass is 580 g/mol. The summed E-state index contributed by atoms with van der Waals surface area (Å²) in [4.78, 5) is 16.9. The van der Waals surface area contributed by atoms with Crippen molar-refractivity contribution in [3.8, 4) is 11.6 Å². The maximum absolute atomic E-state index is 15.9. The quantitative estimate of drug-likeness (QED) is 0.245. The lowest BCUT2D eigenvalue weighted by Crippen LogP contribution is -2.47. The molecule has 0 bridgehead atoms. The lowest BCUT2D eigenvalue weighted by atomic mass is 9.84. The Morgan fingerprint density at radius 3 is 2.55 bits per heavy atom. The van der Waals surface area contributed by atoms with E-state index in [1.807, 2.05) is 36.1 Å². The molecule has 42 heavy (non-hydrogen) atoms. The maximum atomic E-state index is 15.9. The number of carbonyl (C=O) groups is 1. The largest absolute Gasteiger partial charge is 0.487 e. The second kappa shape index (κ2) is 12.2. The van der Waals surface area contributed by atoms with Crippen LogP contribution in [0, 0.1) is 11.6 Å². The number of hydrogen-bond donors (Lipinski definition) is 1. The number of carboxylic acids is 1.